The van der Waals surface area contributed by atoms with E-state index in [-0.39, 0.29) is 23.4 Å². The summed E-state index contributed by atoms with van der Waals surface area (Å²) in [5.41, 5.74) is 5.84. The number of hydrogen-bond donors (Lipinski definition) is 2. The molecule has 2 aromatic rings. The van der Waals surface area contributed by atoms with Crippen molar-refractivity contribution in [2.45, 2.75) is 13.5 Å². The lowest BCUT2D eigenvalue weighted by atomic mass is 10.2. The molecular formula is C11H11ClN4O2. The molecule has 94 valence electrons. The molecule has 0 aliphatic carbocycles. The van der Waals surface area contributed by atoms with Gasteiger partial charge in [0.2, 0.25) is 5.89 Å². The van der Waals surface area contributed by atoms with Crippen molar-refractivity contribution in [1.29, 1.82) is 0 Å². The zero-order valence-corrected chi connectivity index (χ0v) is 10.4. The van der Waals surface area contributed by atoms with Crippen LogP contribution in [-0.4, -0.2) is 15.9 Å². The number of rotatable bonds is 3. The second-order valence-electron chi connectivity index (χ2n) is 3.65. The minimum Gasteiger partial charge on any atom is -0.444 e. The van der Waals surface area contributed by atoms with E-state index in [1.807, 2.05) is 0 Å². The van der Waals surface area contributed by atoms with Gasteiger partial charge in [0, 0.05) is 5.56 Å². The molecule has 18 heavy (non-hydrogen) atoms. The quantitative estimate of drug-likeness (QED) is 0.822. The number of carbonyl (C=O) groups excluding carboxylic acids is 1. The average Bonchev–Trinajstić information content (AvgIpc) is 2.70. The summed E-state index contributed by atoms with van der Waals surface area (Å²) in [5.74, 6) is 1.01. The first kappa shape index (κ1) is 12.4. The highest BCUT2D eigenvalue weighted by Gasteiger charge is 2.09. The number of oxazole rings is 1. The van der Waals surface area contributed by atoms with Gasteiger partial charge in [0.25, 0.3) is 5.91 Å². The van der Waals surface area contributed by atoms with Gasteiger partial charge < -0.3 is 15.5 Å². The summed E-state index contributed by atoms with van der Waals surface area (Å²) < 4.78 is 5.23. The van der Waals surface area contributed by atoms with Gasteiger partial charge in [-0.1, -0.05) is 11.6 Å². The highest BCUT2D eigenvalue weighted by Crippen LogP contribution is 2.12. The number of nitrogens with one attached hydrogen (secondary N) is 1. The second-order valence-corrected chi connectivity index (χ2v) is 4.04. The lowest BCUT2D eigenvalue weighted by Crippen LogP contribution is -2.23. The summed E-state index contributed by atoms with van der Waals surface area (Å²) in [5, 5.41) is 2.82. The van der Waals surface area contributed by atoms with E-state index in [0.29, 0.717) is 17.2 Å². The molecule has 3 N–H and O–H groups in total. The first-order valence-electron chi connectivity index (χ1n) is 5.17. The molecule has 0 aliphatic rings. The van der Waals surface area contributed by atoms with E-state index in [9.17, 15) is 4.79 Å². The van der Waals surface area contributed by atoms with Crippen LogP contribution < -0.4 is 11.1 Å². The monoisotopic (exact) mass is 266 g/mol. The Kier molecular flexibility index (Phi) is 3.47. The summed E-state index contributed by atoms with van der Waals surface area (Å²) in [4.78, 5) is 19.5. The van der Waals surface area contributed by atoms with E-state index in [2.05, 4.69) is 15.3 Å². The fraction of sp³-hybridized carbons (Fsp3) is 0.182. The van der Waals surface area contributed by atoms with Gasteiger partial charge >= 0.3 is 0 Å². The number of carbonyl (C=O) groups is 1. The predicted molar refractivity (Wildman–Crippen MR) is 66.1 cm³/mol. The Balaban J connectivity index is 2.03. The molecule has 2 heterocycles. The fourth-order valence-electron chi connectivity index (χ4n) is 1.39. The zero-order chi connectivity index (χ0) is 13.1. The fourth-order valence-corrected chi connectivity index (χ4v) is 1.60. The van der Waals surface area contributed by atoms with Crippen LogP contribution in [0.25, 0.3) is 0 Å². The van der Waals surface area contributed by atoms with Gasteiger partial charge in [0.15, 0.2) is 0 Å². The van der Waals surface area contributed by atoms with Crippen LogP contribution in [0.5, 0.6) is 0 Å². The number of nitrogen functional groups attached to an aromatic ring is 1. The Labute approximate surface area is 108 Å². The molecule has 0 atom stereocenters. The van der Waals surface area contributed by atoms with Gasteiger partial charge in [0.05, 0.1) is 12.7 Å². The van der Waals surface area contributed by atoms with Crippen molar-refractivity contribution in [3.8, 4) is 0 Å². The van der Waals surface area contributed by atoms with E-state index < -0.39 is 0 Å². The maximum Gasteiger partial charge on any atom is 0.251 e. The molecule has 0 saturated heterocycles. The highest BCUT2D eigenvalue weighted by atomic mass is 35.5. The molecule has 0 unspecified atom stereocenters. The van der Waals surface area contributed by atoms with Crippen LogP contribution in [0.2, 0.25) is 5.15 Å². The third kappa shape index (κ3) is 2.98. The standard InChI is InChI=1S/C11H11ClN4O2/c1-6-4-14-10(18-6)5-15-11(17)7-2-8(12)16-9(13)3-7/h2-4H,5H2,1H3,(H2,13,16)(H,15,17). The smallest absolute Gasteiger partial charge is 0.251 e. The van der Waals surface area contributed by atoms with Crippen LogP contribution in [-0.2, 0) is 6.54 Å². The van der Waals surface area contributed by atoms with Gasteiger partial charge in [0.1, 0.15) is 16.7 Å². The van der Waals surface area contributed by atoms with Gasteiger partial charge in [-0.05, 0) is 19.1 Å². The van der Waals surface area contributed by atoms with Crippen molar-refractivity contribution in [3.63, 3.8) is 0 Å². The SMILES string of the molecule is Cc1cnc(CNC(=O)c2cc(N)nc(Cl)c2)o1. The molecular weight excluding hydrogens is 256 g/mol. The van der Waals surface area contributed by atoms with E-state index in [4.69, 9.17) is 21.8 Å². The highest BCUT2D eigenvalue weighted by molar-refractivity contribution is 6.29. The third-order valence-corrected chi connectivity index (χ3v) is 2.34. The van der Waals surface area contributed by atoms with Crippen LogP contribution in [0, 0.1) is 6.92 Å². The molecule has 7 heteroatoms. The Bertz CT molecular complexity index is 562. The van der Waals surface area contributed by atoms with Crippen molar-refractivity contribution >= 4 is 23.3 Å². The predicted octanol–water partition coefficient (Wildman–Crippen LogP) is 1.54. The minimum atomic E-state index is -0.318. The first-order chi connectivity index (χ1) is 8.54. The molecule has 0 fully saturated rings. The van der Waals surface area contributed by atoms with Gasteiger partial charge in [-0.3, -0.25) is 4.79 Å². The van der Waals surface area contributed by atoms with E-state index in [1.165, 1.54) is 12.1 Å². The summed E-state index contributed by atoms with van der Waals surface area (Å²) in [6.45, 7) is 1.98. The molecule has 0 saturated carbocycles. The molecule has 2 aromatic heterocycles. The van der Waals surface area contributed by atoms with Crippen LogP contribution in [0.1, 0.15) is 22.0 Å². The van der Waals surface area contributed by atoms with E-state index in [1.54, 1.807) is 13.1 Å². The summed E-state index contributed by atoms with van der Waals surface area (Å²) in [6.07, 6.45) is 1.59. The number of hydrogen-bond acceptors (Lipinski definition) is 5. The van der Waals surface area contributed by atoms with Gasteiger partial charge in [-0.25, -0.2) is 9.97 Å². The first-order valence-corrected chi connectivity index (χ1v) is 5.55. The molecule has 2 rings (SSSR count). The Hall–Kier alpha value is -2.08. The average molecular weight is 267 g/mol. The van der Waals surface area contributed by atoms with Crippen molar-refractivity contribution in [1.82, 2.24) is 15.3 Å². The molecule has 0 aromatic carbocycles. The summed E-state index contributed by atoms with van der Waals surface area (Å²) in [6, 6.07) is 2.89. The molecule has 0 radical (unpaired) electrons. The molecule has 1 amide bonds. The number of nitrogens with two attached hydrogens (primary N) is 1. The second kappa shape index (κ2) is 5.05. The zero-order valence-electron chi connectivity index (χ0n) is 9.61. The lowest BCUT2D eigenvalue weighted by Gasteiger charge is -2.04. The topological polar surface area (TPSA) is 94.0 Å². The van der Waals surface area contributed by atoms with Crippen LogP contribution >= 0.6 is 11.6 Å². The molecule has 0 bridgehead atoms. The number of aryl methyl sites for hydroxylation is 1. The number of amides is 1. The number of nitrogens with zero attached hydrogens (tertiary/aromatic N) is 2. The summed E-state index contributed by atoms with van der Waals surface area (Å²) >= 11 is 5.71. The molecule has 0 spiro atoms. The van der Waals surface area contributed by atoms with Crippen molar-refractivity contribution < 1.29 is 9.21 Å². The van der Waals surface area contributed by atoms with Crippen molar-refractivity contribution in [2.75, 3.05) is 5.73 Å². The van der Waals surface area contributed by atoms with Crippen LogP contribution in [0.15, 0.2) is 22.7 Å². The maximum absolute atomic E-state index is 11.8. The minimum absolute atomic E-state index is 0.173. The number of aromatic nitrogens is 2. The van der Waals surface area contributed by atoms with E-state index >= 15 is 0 Å². The summed E-state index contributed by atoms with van der Waals surface area (Å²) in [7, 11) is 0. The van der Waals surface area contributed by atoms with Crippen molar-refractivity contribution in [2.24, 2.45) is 0 Å². The number of pyridine rings is 1. The molecule has 0 aliphatic heterocycles. The Morgan fingerprint density at radius 3 is 2.94 bits per heavy atom. The third-order valence-electron chi connectivity index (χ3n) is 2.15. The van der Waals surface area contributed by atoms with E-state index in [0.717, 1.165) is 0 Å². The maximum atomic E-state index is 11.8. The van der Waals surface area contributed by atoms with Crippen molar-refractivity contribution in [3.05, 3.63) is 40.7 Å². The number of halogens is 1. The lowest BCUT2D eigenvalue weighted by molar-refractivity contribution is 0.0947. The van der Waals surface area contributed by atoms with Crippen LogP contribution in [0.4, 0.5) is 5.82 Å². The van der Waals surface area contributed by atoms with Crippen LogP contribution in [0.3, 0.4) is 0 Å². The van der Waals surface area contributed by atoms with Gasteiger partial charge in [-0.2, -0.15) is 0 Å². The largest absolute Gasteiger partial charge is 0.444 e. The molecule has 6 nitrogen and oxygen atoms in total. The van der Waals surface area contributed by atoms with Gasteiger partial charge in [-0.15, -0.1) is 0 Å². The Morgan fingerprint density at radius 1 is 1.56 bits per heavy atom. The Morgan fingerprint density at radius 2 is 2.33 bits per heavy atom. The normalized spacial score (nSPS) is 10.3. The number of anilines is 1.